The Balaban J connectivity index is 1.86. The van der Waals surface area contributed by atoms with Crippen LogP contribution < -0.4 is 5.32 Å². The van der Waals surface area contributed by atoms with Crippen LogP contribution in [-0.4, -0.2) is 23.1 Å². The Morgan fingerprint density at radius 2 is 1.77 bits per heavy atom. The fourth-order valence-electron chi connectivity index (χ4n) is 3.30. The average Bonchev–Trinajstić information content (AvgIpc) is 3.05. The lowest BCUT2D eigenvalue weighted by Crippen LogP contribution is -2.16. The number of hydrogen-bond acceptors (Lipinski definition) is 3. The molecule has 0 unspecified atom stereocenters. The van der Waals surface area contributed by atoms with E-state index in [2.05, 4.69) is 5.32 Å². The molecule has 30 heavy (non-hydrogen) atoms. The first-order valence-corrected chi connectivity index (χ1v) is 9.89. The SMILES string of the molecule is CCOC(=O)c1cc(-c2ccc(C)cc2)n(CCC(=O)Nc2ccccc2F)c1C. The zero-order valence-electron chi connectivity index (χ0n) is 17.4. The van der Waals surface area contributed by atoms with E-state index in [4.69, 9.17) is 4.74 Å². The van der Waals surface area contributed by atoms with Gasteiger partial charge in [-0.25, -0.2) is 9.18 Å². The lowest BCUT2D eigenvalue weighted by Gasteiger charge is -2.13. The van der Waals surface area contributed by atoms with Crippen LogP contribution in [0.3, 0.4) is 0 Å². The third-order valence-electron chi connectivity index (χ3n) is 4.92. The number of halogens is 1. The van der Waals surface area contributed by atoms with E-state index in [1.165, 1.54) is 12.1 Å². The van der Waals surface area contributed by atoms with Crippen molar-refractivity contribution in [3.63, 3.8) is 0 Å². The fraction of sp³-hybridized carbons (Fsp3) is 0.250. The van der Waals surface area contributed by atoms with Gasteiger partial charge in [0.15, 0.2) is 0 Å². The molecule has 0 aliphatic heterocycles. The summed E-state index contributed by atoms with van der Waals surface area (Å²) in [5, 5.41) is 2.60. The van der Waals surface area contributed by atoms with Crippen molar-refractivity contribution in [2.75, 3.05) is 11.9 Å². The van der Waals surface area contributed by atoms with Crippen molar-refractivity contribution in [1.82, 2.24) is 4.57 Å². The smallest absolute Gasteiger partial charge is 0.339 e. The van der Waals surface area contributed by atoms with Gasteiger partial charge < -0.3 is 14.6 Å². The van der Waals surface area contributed by atoms with E-state index in [0.717, 1.165) is 22.5 Å². The van der Waals surface area contributed by atoms with E-state index >= 15 is 0 Å². The number of para-hydroxylation sites is 1. The molecule has 0 bridgehead atoms. The Labute approximate surface area is 175 Å². The minimum atomic E-state index is -0.479. The number of amides is 1. The van der Waals surface area contributed by atoms with E-state index in [0.29, 0.717) is 12.1 Å². The molecule has 2 aromatic carbocycles. The second-order valence-electron chi connectivity index (χ2n) is 7.04. The Bertz CT molecular complexity index is 1050. The topological polar surface area (TPSA) is 60.3 Å². The van der Waals surface area contributed by atoms with Crippen LogP contribution in [-0.2, 0) is 16.1 Å². The number of aryl methyl sites for hydroxylation is 1. The van der Waals surface area contributed by atoms with Gasteiger partial charge in [0.25, 0.3) is 0 Å². The van der Waals surface area contributed by atoms with Crippen LogP contribution in [0.1, 0.15) is 35.0 Å². The summed E-state index contributed by atoms with van der Waals surface area (Å²) in [7, 11) is 0. The first-order chi connectivity index (χ1) is 14.4. The van der Waals surface area contributed by atoms with Crippen LogP contribution in [0.5, 0.6) is 0 Å². The number of aromatic nitrogens is 1. The van der Waals surface area contributed by atoms with Gasteiger partial charge in [0.1, 0.15) is 5.82 Å². The lowest BCUT2D eigenvalue weighted by atomic mass is 10.1. The summed E-state index contributed by atoms with van der Waals surface area (Å²) in [6.07, 6.45) is 0.130. The number of esters is 1. The molecular formula is C24H25FN2O3. The highest BCUT2D eigenvalue weighted by atomic mass is 19.1. The van der Waals surface area contributed by atoms with Gasteiger partial charge in [-0.15, -0.1) is 0 Å². The highest BCUT2D eigenvalue weighted by Gasteiger charge is 2.20. The Morgan fingerprint density at radius 1 is 1.07 bits per heavy atom. The van der Waals surface area contributed by atoms with Crippen molar-refractivity contribution < 1.29 is 18.7 Å². The highest BCUT2D eigenvalue weighted by Crippen LogP contribution is 2.27. The second kappa shape index (κ2) is 9.39. The monoisotopic (exact) mass is 408 g/mol. The van der Waals surface area contributed by atoms with E-state index in [1.54, 1.807) is 25.1 Å². The quantitative estimate of drug-likeness (QED) is 0.552. The van der Waals surface area contributed by atoms with E-state index in [1.807, 2.05) is 42.7 Å². The van der Waals surface area contributed by atoms with E-state index in [-0.39, 0.29) is 24.6 Å². The van der Waals surface area contributed by atoms with Gasteiger partial charge in [-0.2, -0.15) is 0 Å². The maximum atomic E-state index is 13.8. The Hall–Kier alpha value is -3.41. The maximum absolute atomic E-state index is 13.8. The van der Waals surface area contributed by atoms with Gasteiger partial charge in [-0.05, 0) is 44.5 Å². The van der Waals surface area contributed by atoms with Crippen LogP contribution >= 0.6 is 0 Å². The number of benzene rings is 2. The van der Waals surface area contributed by atoms with Crippen LogP contribution in [0.4, 0.5) is 10.1 Å². The molecule has 0 saturated carbocycles. The van der Waals surface area contributed by atoms with Crippen molar-refractivity contribution in [2.24, 2.45) is 0 Å². The summed E-state index contributed by atoms with van der Waals surface area (Å²) in [6, 6.07) is 15.8. The summed E-state index contributed by atoms with van der Waals surface area (Å²) in [6.45, 7) is 6.23. The normalized spacial score (nSPS) is 10.7. The largest absolute Gasteiger partial charge is 0.462 e. The second-order valence-corrected chi connectivity index (χ2v) is 7.04. The molecule has 1 heterocycles. The summed E-state index contributed by atoms with van der Waals surface area (Å²) in [5.41, 5.74) is 4.24. The van der Waals surface area contributed by atoms with Gasteiger partial charge in [0.2, 0.25) is 5.91 Å². The number of carbonyl (C=O) groups excluding carboxylic acids is 2. The summed E-state index contributed by atoms with van der Waals surface area (Å²) >= 11 is 0. The number of hydrogen-bond donors (Lipinski definition) is 1. The Morgan fingerprint density at radius 3 is 2.43 bits per heavy atom. The summed E-state index contributed by atoms with van der Waals surface area (Å²) < 4.78 is 20.9. The van der Waals surface area contributed by atoms with Crippen LogP contribution in [0.15, 0.2) is 54.6 Å². The summed E-state index contributed by atoms with van der Waals surface area (Å²) in [5.74, 6) is -1.17. The van der Waals surface area contributed by atoms with Gasteiger partial charge in [-0.1, -0.05) is 42.0 Å². The molecule has 0 aliphatic rings. The molecule has 0 aliphatic carbocycles. The number of nitrogens with zero attached hydrogens (tertiary/aromatic N) is 1. The molecule has 5 nitrogen and oxygen atoms in total. The van der Waals surface area contributed by atoms with E-state index in [9.17, 15) is 14.0 Å². The van der Waals surface area contributed by atoms with E-state index < -0.39 is 11.8 Å². The predicted octanol–water partition coefficient (Wildman–Crippen LogP) is 5.12. The number of nitrogens with one attached hydrogen (secondary N) is 1. The molecule has 6 heteroatoms. The van der Waals surface area contributed by atoms with Gasteiger partial charge >= 0.3 is 5.97 Å². The van der Waals surface area contributed by atoms with Gasteiger partial charge in [-0.3, -0.25) is 4.79 Å². The molecule has 3 rings (SSSR count). The standard InChI is InChI=1S/C24H25FN2O3/c1-4-30-24(29)19-15-22(18-11-9-16(2)10-12-18)27(17(19)3)14-13-23(28)26-21-8-6-5-7-20(21)25/h5-12,15H,4,13-14H2,1-3H3,(H,26,28). The van der Waals surface area contributed by atoms with Crippen molar-refractivity contribution in [3.05, 3.63) is 77.2 Å². The highest BCUT2D eigenvalue weighted by molar-refractivity contribution is 5.93. The molecule has 3 aromatic rings. The van der Waals surface area contributed by atoms with Crippen LogP contribution in [0.25, 0.3) is 11.3 Å². The molecule has 156 valence electrons. The minimum absolute atomic E-state index is 0.130. The third-order valence-corrected chi connectivity index (χ3v) is 4.92. The molecule has 1 amide bonds. The Kier molecular flexibility index (Phi) is 6.67. The van der Waals surface area contributed by atoms with Crippen LogP contribution in [0, 0.1) is 19.7 Å². The molecule has 1 aromatic heterocycles. The van der Waals surface area contributed by atoms with Crippen molar-refractivity contribution in [1.29, 1.82) is 0 Å². The summed E-state index contributed by atoms with van der Waals surface area (Å²) in [4.78, 5) is 24.8. The van der Waals surface area contributed by atoms with Crippen molar-refractivity contribution in [2.45, 2.75) is 33.7 Å². The first-order valence-electron chi connectivity index (χ1n) is 9.89. The lowest BCUT2D eigenvalue weighted by molar-refractivity contribution is -0.116. The average molecular weight is 408 g/mol. The first kappa shape index (κ1) is 21.3. The zero-order valence-corrected chi connectivity index (χ0v) is 17.4. The van der Waals surface area contributed by atoms with Crippen molar-refractivity contribution in [3.8, 4) is 11.3 Å². The zero-order chi connectivity index (χ0) is 21.7. The third kappa shape index (κ3) is 4.76. The maximum Gasteiger partial charge on any atom is 0.339 e. The number of carbonyl (C=O) groups is 2. The number of ether oxygens (including phenoxy) is 1. The molecule has 0 spiro atoms. The number of anilines is 1. The molecule has 0 atom stereocenters. The van der Waals surface area contributed by atoms with Crippen molar-refractivity contribution >= 4 is 17.6 Å². The fourth-order valence-corrected chi connectivity index (χ4v) is 3.30. The van der Waals surface area contributed by atoms with Gasteiger partial charge in [0, 0.05) is 24.4 Å². The molecule has 0 saturated heterocycles. The van der Waals surface area contributed by atoms with Gasteiger partial charge in [0.05, 0.1) is 17.9 Å². The predicted molar refractivity (Wildman–Crippen MR) is 115 cm³/mol. The molecule has 1 N–H and O–H groups in total. The molecular weight excluding hydrogens is 383 g/mol. The molecule has 0 fully saturated rings. The molecule has 0 radical (unpaired) electrons. The number of rotatable bonds is 7. The minimum Gasteiger partial charge on any atom is -0.462 e. The van der Waals surface area contributed by atoms with Crippen LogP contribution in [0.2, 0.25) is 0 Å².